The van der Waals surface area contributed by atoms with Crippen molar-refractivity contribution in [1.29, 1.82) is 0 Å². The van der Waals surface area contributed by atoms with Crippen molar-refractivity contribution in [2.75, 3.05) is 20.2 Å². The van der Waals surface area contributed by atoms with Crippen LogP contribution < -0.4 is 15.4 Å². The summed E-state index contributed by atoms with van der Waals surface area (Å²) in [5.41, 5.74) is 0. The molecule has 2 aromatic carbocycles. The largest absolute Gasteiger partial charge is 0.484 e. The van der Waals surface area contributed by atoms with Gasteiger partial charge in [0.1, 0.15) is 5.75 Å². The van der Waals surface area contributed by atoms with E-state index in [4.69, 9.17) is 4.74 Å². The van der Waals surface area contributed by atoms with Crippen LogP contribution in [0.25, 0.3) is 10.8 Å². The molecule has 2 aromatic rings. The van der Waals surface area contributed by atoms with Crippen LogP contribution in [0, 0.1) is 0 Å². The van der Waals surface area contributed by atoms with Gasteiger partial charge in [-0.3, -0.25) is 9.59 Å². The van der Waals surface area contributed by atoms with Crippen molar-refractivity contribution in [1.82, 2.24) is 10.6 Å². The number of carbonyl (C=O) groups excluding carboxylic acids is 2. The summed E-state index contributed by atoms with van der Waals surface area (Å²) in [7, 11) is 1.51. The minimum absolute atomic E-state index is 0.0512. The third-order valence-electron chi connectivity index (χ3n) is 2.87. The first-order valence-corrected chi connectivity index (χ1v) is 7.17. The van der Waals surface area contributed by atoms with Crippen LogP contribution in [0.15, 0.2) is 40.9 Å². The molecule has 0 fully saturated rings. The molecule has 21 heavy (non-hydrogen) atoms. The highest BCUT2D eigenvalue weighted by molar-refractivity contribution is 9.10. The molecule has 2 rings (SSSR count). The number of amides is 2. The highest BCUT2D eigenvalue weighted by Gasteiger charge is 2.05. The Labute approximate surface area is 130 Å². The lowest BCUT2D eigenvalue weighted by Gasteiger charge is -2.08. The molecule has 0 radical (unpaired) electrons. The molecule has 0 spiro atoms. The maximum absolute atomic E-state index is 11.5. The molecule has 2 N–H and O–H groups in total. The first-order valence-electron chi connectivity index (χ1n) is 6.38. The van der Waals surface area contributed by atoms with Gasteiger partial charge in [-0.15, -0.1) is 0 Å². The fourth-order valence-corrected chi connectivity index (χ4v) is 2.13. The molecular formula is C15H15BrN2O3. The van der Waals surface area contributed by atoms with Crippen LogP contribution in [0.2, 0.25) is 0 Å². The van der Waals surface area contributed by atoms with Gasteiger partial charge in [-0.05, 0) is 35.0 Å². The third-order valence-corrected chi connectivity index (χ3v) is 3.36. The predicted molar refractivity (Wildman–Crippen MR) is 84.2 cm³/mol. The van der Waals surface area contributed by atoms with E-state index in [0.717, 1.165) is 15.2 Å². The zero-order valence-electron chi connectivity index (χ0n) is 11.5. The van der Waals surface area contributed by atoms with Crippen molar-refractivity contribution >= 4 is 38.5 Å². The highest BCUT2D eigenvalue weighted by atomic mass is 79.9. The second kappa shape index (κ2) is 7.08. The van der Waals surface area contributed by atoms with Gasteiger partial charge in [-0.2, -0.15) is 0 Å². The Hall–Kier alpha value is -2.08. The normalized spacial score (nSPS) is 10.2. The van der Waals surface area contributed by atoms with Crippen molar-refractivity contribution < 1.29 is 14.3 Å². The van der Waals surface area contributed by atoms with E-state index in [9.17, 15) is 9.59 Å². The maximum atomic E-state index is 11.5. The molecule has 0 heterocycles. The van der Waals surface area contributed by atoms with Gasteiger partial charge in [-0.25, -0.2) is 0 Å². The molecule has 5 nitrogen and oxygen atoms in total. The maximum Gasteiger partial charge on any atom is 0.258 e. The molecule has 0 unspecified atom stereocenters. The second-order valence-corrected chi connectivity index (χ2v) is 5.31. The van der Waals surface area contributed by atoms with Crippen molar-refractivity contribution in [3.8, 4) is 5.75 Å². The number of benzene rings is 2. The Morgan fingerprint density at radius 1 is 1.10 bits per heavy atom. The summed E-state index contributed by atoms with van der Waals surface area (Å²) >= 11 is 3.42. The van der Waals surface area contributed by atoms with E-state index >= 15 is 0 Å². The minimum atomic E-state index is -0.338. The van der Waals surface area contributed by atoms with Gasteiger partial charge >= 0.3 is 0 Å². The van der Waals surface area contributed by atoms with Crippen LogP contribution in [0.3, 0.4) is 0 Å². The average molecular weight is 351 g/mol. The lowest BCUT2D eigenvalue weighted by Crippen LogP contribution is -2.37. The van der Waals surface area contributed by atoms with Crippen LogP contribution in [0.4, 0.5) is 0 Å². The second-order valence-electron chi connectivity index (χ2n) is 4.39. The summed E-state index contributed by atoms with van der Waals surface area (Å²) in [6.45, 7) is -0.177. The Bertz CT molecular complexity index is 673. The molecule has 0 atom stereocenters. The molecule has 0 saturated heterocycles. The van der Waals surface area contributed by atoms with Gasteiger partial charge in [0.15, 0.2) is 6.61 Å². The van der Waals surface area contributed by atoms with Gasteiger partial charge in [0.05, 0.1) is 6.54 Å². The molecule has 6 heteroatoms. The fraction of sp³-hybridized carbons (Fsp3) is 0.200. The number of fused-ring (bicyclic) bond motifs is 1. The fourth-order valence-electron chi connectivity index (χ4n) is 1.75. The quantitative estimate of drug-likeness (QED) is 0.864. The van der Waals surface area contributed by atoms with Crippen molar-refractivity contribution in [3.05, 3.63) is 40.9 Å². The summed E-state index contributed by atoms with van der Waals surface area (Å²) in [6, 6.07) is 11.5. The van der Waals surface area contributed by atoms with Crippen molar-refractivity contribution in [2.45, 2.75) is 0 Å². The Kier molecular flexibility index (Phi) is 5.16. The van der Waals surface area contributed by atoms with E-state index in [2.05, 4.69) is 26.6 Å². The number of hydrogen-bond donors (Lipinski definition) is 2. The number of ether oxygens (including phenoxy) is 1. The molecule has 0 aromatic heterocycles. The lowest BCUT2D eigenvalue weighted by atomic mass is 10.1. The van der Waals surface area contributed by atoms with Crippen LogP contribution in [0.1, 0.15) is 0 Å². The number of carbonyl (C=O) groups is 2. The Morgan fingerprint density at radius 3 is 2.57 bits per heavy atom. The highest BCUT2D eigenvalue weighted by Crippen LogP contribution is 2.23. The van der Waals surface area contributed by atoms with Crippen LogP contribution >= 0.6 is 15.9 Å². The SMILES string of the molecule is CNC(=O)CNC(=O)COc1ccc2cc(Br)ccc2c1. The molecule has 110 valence electrons. The predicted octanol–water partition coefficient (Wildman–Crippen LogP) is 1.84. The Morgan fingerprint density at radius 2 is 1.81 bits per heavy atom. The molecule has 0 aliphatic heterocycles. The van der Waals surface area contributed by atoms with E-state index in [1.54, 1.807) is 6.07 Å². The molecule has 0 bridgehead atoms. The van der Waals surface area contributed by atoms with Crippen molar-refractivity contribution in [3.63, 3.8) is 0 Å². The van der Waals surface area contributed by atoms with Gasteiger partial charge in [0.2, 0.25) is 5.91 Å². The number of nitrogens with one attached hydrogen (secondary N) is 2. The molecule has 0 aliphatic rings. The summed E-state index contributed by atoms with van der Waals surface area (Å²) < 4.78 is 6.43. The van der Waals surface area contributed by atoms with E-state index < -0.39 is 0 Å². The zero-order chi connectivity index (χ0) is 15.2. The summed E-state index contributed by atoms with van der Waals surface area (Å²) in [4.78, 5) is 22.5. The summed E-state index contributed by atoms with van der Waals surface area (Å²) in [5.74, 6) is 0.0223. The zero-order valence-corrected chi connectivity index (χ0v) is 13.1. The summed E-state index contributed by atoms with van der Waals surface area (Å²) in [6.07, 6.45) is 0. The smallest absolute Gasteiger partial charge is 0.258 e. The molecular weight excluding hydrogens is 336 g/mol. The molecule has 0 saturated carbocycles. The number of likely N-dealkylation sites (N-methyl/N-ethyl adjacent to an activating group) is 1. The average Bonchev–Trinajstić information content (AvgIpc) is 2.50. The van der Waals surface area contributed by atoms with E-state index in [0.29, 0.717) is 5.75 Å². The van der Waals surface area contributed by atoms with Gasteiger partial charge in [0, 0.05) is 11.5 Å². The van der Waals surface area contributed by atoms with E-state index in [1.165, 1.54) is 7.05 Å². The van der Waals surface area contributed by atoms with Crippen molar-refractivity contribution in [2.24, 2.45) is 0 Å². The first-order chi connectivity index (χ1) is 10.1. The molecule has 0 aliphatic carbocycles. The van der Waals surface area contributed by atoms with Crippen LogP contribution in [0.5, 0.6) is 5.75 Å². The minimum Gasteiger partial charge on any atom is -0.484 e. The van der Waals surface area contributed by atoms with Crippen LogP contribution in [-0.4, -0.2) is 32.0 Å². The molecule has 2 amide bonds. The summed E-state index contributed by atoms with van der Waals surface area (Å²) in [5, 5.41) is 7.00. The van der Waals surface area contributed by atoms with Gasteiger partial charge < -0.3 is 15.4 Å². The topological polar surface area (TPSA) is 67.4 Å². The van der Waals surface area contributed by atoms with Crippen LogP contribution in [-0.2, 0) is 9.59 Å². The number of halogens is 1. The first kappa shape index (κ1) is 15.3. The van der Waals surface area contributed by atoms with Gasteiger partial charge in [-0.1, -0.05) is 28.1 Å². The third kappa shape index (κ3) is 4.46. The monoisotopic (exact) mass is 350 g/mol. The van der Waals surface area contributed by atoms with E-state index in [1.807, 2.05) is 30.3 Å². The number of rotatable bonds is 5. The van der Waals surface area contributed by atoms with Gasteiger partial charge in [0.25, 0.3) is 5.91 Å². The van der Waals surface area contributed by atoms with E-state index in [-0.39, 0.29) is 25.0 Å². The number of hydrogen-bond acceptors (Lipinski definition) is 3. The lowest BCUT2D eigenvalue weighted by molar-refractivity contribution is -0.127. The standard InChI is InChI=1S/C15H15BrN2O3/c1-17-14(19)8-18-15(20)9-21-13-5-3-10-6-12(16)4-2-11(10)7-13/h2-7H,8-9H2,1H3,(H,17,19)(H,18,20). The Balaban J connectivity index is 1.92.